The summed E-state index contributed by atoms with van der Waals surface area (Å²) in [5, 5.41) is 14.0. The molecule has 0 bridgehead atoms. The summed E-state index contributed by atoms with van der Waals surface area (Å²) >= 11 is 0. The molecule has 0 fully saturated rings. The highest BCUT2D eigenvalue weighted by molar-refractivity contribution is 5.82. The Hall–Kier alpha value is -3.32. The molecule has 0 spiro atoms. The number of benzene rings is 2. The van der Waals surface area contributed by atoms with Crippen LogP contribution in [-0.4, -0.2) is 30.1 Å². The highest BCUT2D eigenvalue weighted by Gasteiger charge is 2.31. The fourth-order valence-corrected chi connectivity index (χ4v) is 4.86. The van der Waals surface area contributed by atoms with Gasteiger partial charge in [-0.2, -0.15) is 0 Å². The van der Waals surface area contributed by atoms with E-state index in [2.05, 4.69) is 103 Å². The smallest absolute Gasteiger partial charge is 0.252 e. The minimum atomic E-state index is -0.211. The predicted octanol–water partition coefficient (Wildman–Crippen LogP) is 5.74. The van der Waals surface area contributed by atoms with E-state index in [9.17, 15) is 4.79 Å². The number of aryl methyl sites for hydroxylation is 3. The van der Waals surface area contributed by atoms with Crippen LogP contribution < -0.4 is 5.56 Å². The van der Waals surface area contributed by atoms with Gasteiger partial charge in [0.15, 0.2) is 5.82 Å². The van der Waals surface area contributed by atoms with Gasteiger partial charge in [-0.15, -0.1) is 5.10 Å². The highest BCUT2D eigenvalue weighted by Crippen LogP contribution is 2.30. The molecule has 36 heavy (non-hydrogen) atoms. The van der Waals surface area contributed by atoms with Crippen molar-refractivity contribution in [3.05, 3.63) is 86.5 Å². The van der Waals surface area contributed by atoms with Crippen LogP contribution in [0.15, 0.2) is 47.3 Å². The molecule has 190 valence electrons. The summed E-state index contributed by atoms with van der Waals surface area (Å²) in [4.78, 5) is 18.7. The van der Waals surface area contributed by atoms with E-state index in [1.807, 2.05) is 17.7 Å². The van der Waals surface area contributed by atoms with E-state index in [4.69, 9.17) is 0 Å². The predicted molar refractivity (Wildman–Crippen MR) is 145 cm³/mol. The number of rotatable bonds is 9. The minimum Gasteiger partial charge on any atom is -0.321 e. The van der Waals surface area contributed by atoms with Crippen molar-refractivity contribution in [1.82, 2.24) is 30.1 Å². The molecule has 0 saturated carbocycles. The molecule has 2 aromatic heterocycles. The lowest BCUT2D eigenvalue weighted by molar-refractivity contribution is 0.150. The van der Waals surface area contributed by atoms with Crippen molar-refractivity contribution >= 4 is 10.9 Å². The van der Waals surface area contributed by atoms with Gasteiger partial charge in [0.2, 0.25) is 0 Å². The van der Waals surface area contributed by atoms with Gasteiger partial charge in [0.05, 0.1) is 17.1 Å². The van der Waals surface area contributed by atoms with E-state index in [0.29, 0.717) is 13.1 Å². The van der Waals surface area contributed by atoms with Gasteiger partial charge in [0.1, 0.15) is 0 Å². The maximum absolute atomic E-state index is 13.2. The average molecular weight is 487 g/mol. The Morgan fingerprint density at radius 1 is 1.00 bits per heavy atom. The van der Waals surface area contributed by atoms with E-state index in [0.717, 1.165) is 40.7 Å². The Balaban J connectivity index is 1.79. The largest absolute Gasteiger partial charge is 0.321 e. The molecule has 4 rings (SSSR count). The zero-order chi connectivity index (χ0) is 26.0. The van der Waals surface area contributed by atoms with Crippen molar-refractivity contribution < 1.29 is 0 Å². The van der Waals surface area contributed by atoms with Crippen molar-refractivity contribution in [2.24, 2.45) is 0 Å². The van der Waals surface area contributed by atoms with Crippen LogP contribution in [0.1, 0.15) is 80.2 Å². The molecule has 0 aliphatic carbocycles. The molecule has 4 aromatic rings. The lowest BCUT2D eigenvalue weighted by Crippen LogP contribution is -2.36. The first-order valence-electron chi connectivity index (χ1n) is 12.8. The van der Waals surface area contributed by atoms with E-state index in [1.54, 1.807) is 0 Å². The highest BCUT2D eigenvalue weighted by atomic mass is 16.1. The monoisotopic (exact) mass is 486 g/mol. The zero-order valence-corrected chi connectivity index (χ0v) is 22.6. The molecule has 0 aliphatic heterocycles. The Morgan fingerprint density at radius 3 is 2.39 bits per heavy atom. The van der Waals surface area contributed by atoms with Gasteiger partial charge in [-0.05, 0) is 86.5 Å². The fraction of sp³-hybridized carbons (Fsp3) is 0.448. The molecule has 7 nitrogen and oxygen atoms in total. The van der Waals surface area contributed by atoms with Crippen molar-refractivity contribution in [2.75, 3.05) is 0 Å². The number of nitrogens with one attached hydrogen (secondary N) is 1. The summed E-state index contributed by atoms with van der Waals surface area (Å²) in [5.41, 5.74) is 6.06. The van der Waals surface area contributed by atoms with E-state index in [-0.39, 0.29) is 17.1 Å². The number of tetrazole rings is 1. The van der Waals surface area contributed by atoms with E-state index >= 15 is 0 Å². The summed E-state index contributed by atoms with van der Waals surface area (Å²) in [6.07, 6.45) is 1.72. The molecule has 1 atom stereocenters. The van der Waals surface area contributed by atoms with E-state index < -0.39 is 0 Å². The van der Waals surface area contributed by atoms with Crippen molar-refractivity contribution in [3.8, 4) is 0 Å². The number of aromatic nitrogens is 5. The lowest BCUT2D eigenvalue weighted by Gasteiger charge is -2.33. The molecule has 2 aromatic carbocycles. The van der Waals surface area contributed by atoms with Gasteiger partial charge in [-0.25, -0.2) is 4.68 Å². The van der Waals surface area contributed by atoms with Crippen LogP contribution in [0.2, 0.25) is 0 Å². The summed E-state index contributed by atoms with van der Waals surface area (Å²) < 4.78 is 1.96. The first-order valence-corrected chi connectivity index (χ1v) is 12.8. The van der Waals surface area contributed by atoms with Crippen molar-refractivity contribution in [2.45, 2.75) is 86.0 Å². The van der Waals surface area contributed by atoms with Gasteiger partial charge in [-0.3, -0.25) is 9.69 Å². The number of H-pyrrole nitrogens is 1. The molecule has 7 heteroatoms. The Labute approximate surface area is 213 Å². The molecule has 2 heterocycles. The van der Waals surface area contributed by atoms with Crippen LogP contribution >= 0.6 is 0 Å². The number of nitrogens with zero attached hydrogens (tertiary/aromatic N) is 5. The summed E-state index contributed by atoms with van der Waals surface area (Å²) in [7, 11) is 0. The second-order valence-corrected chi connectivity index (χ2v) is 10.6. The molecule has 1 N–H and O–H groups in total. The third-order valence-electron chi connectivity index (χ3n) is 7.31. The summed E-state index contributed by atoms with van der Waals surface area (Å²) in [5.74, 6) is 0.834. The Bertz CT molecular complexity index is 1400. The second-order valence-electron chi connectivity index (χ2n) is 10.6. The molecule has 0 unspecified atom stereocenters. The summed E-state index contributed by atoms with van der Waals surface area (Å²) in [6.45, 7) is 16.0. The second kappa shape index (κ2) is 10.3. The molecular formula is C29H38N6O. The third kappa shape index (κ3) is 5.26. The van der Waals surface area contributed by atoms with Crippen LogP contribution in [0.5, 0.6) is 0 Å². The van der Waals surface area contributed by atoms with Gasteiger partial charge in [0, 0.05) is 18.7 Å². The molecule has 0 amide bonds. The Kier molecular flexibility index (Phi) is 7.41. The van der Waals surface area contributed by atoms with Crippen LogP contribution in [0, 0.1) is 20.8 Å². The first-order chi connectivity index (χ1) is 17.1. The minimum absolute atomic E-state index is 0.0494. The number of hydrogen-bond donors (Lipinski definition) is 1. The van der Waals surface area contributed by atoms with Gasteiger partial charge >= 0.3 is 0 Å². The first kappa shape index (κ1) is 25.8. The molecule has 0 saturated heterocycles. The van der Waals surface area contributed by atoms with Crippen LogP contribution in [-0.2, 0) is 18.6 Å². The summed E-state index contributed by atoms with van der Waals surface area (Å²) in [6, 6.07) is 14.8. The number of aromatic amines is 1. The zero-order valence-electron chi connectivity index (χ0n) is 22.6. The third-order valence-corrected chi connectivity index (χ3v) is 7.31. The van der Waals surface area contributed by atoms with Crippen LogP contribution in [0.4, 0.5) is 0 Å². The quantitative estimate of drug-likeness (QED) is 0.326. The van der Waals surface area contributed by atoms with Gasteiger partial charge < -0.3 is 4.98 Å². The fourth-order valence-electron chi connectivity index (χ4n) is 4.86. The van der Waals surface area contributed by atoms with Crippen molar-refractivity contribution in [3.63, 3.8) is 0 Å². The standard InChI is InChI=1S/C29H38N6O/c1-8-25(27-31-32-33-35(27)29(6,7)9-2)34(17-22-12-10-19(3)11-13-22)18-24-16-23-15-20(4)14-21(5)26(23)30-28(24)36/h10-16,25H,8-9,17-18H2,1-7H3,(H,30,36)/t25-/m1/s1. The topological polar surface area (TPSA) is 79.7 Å². The van der Waals surface area contributed by atoms with Gasteiger partial charge in [0.25, 0.3) is 5.56 Å². The van der Waals surface area contributed by atoms with Crippen molar-refractivity contribution in [1.29, 1.82) is 0 Å². The molecule has 0 aliphatic rings. The SMILES string of the molecule is CC[C@H](c1nnnn1C(C)(C)CC)N(Cc1ccc(C)cc1)Cc1cc2cc(C)cc(C)c2[nH]c1=O. The number of hydrogen-bond acceptors (Lipinski definition) is 5. The van der Waals surface area contributed by atoms with Crippen LogP contribution in [0.3, 0.4) is 0 Å². The van der Waals surface area contributed by atoms with E-state index in [1.165, 1.54) is 16.7 Å². The van der Waals surface area contributed by atoms with Gasteiger partial charge in [-0.1, -0.05) is 55.3 Å². The lowest BCUT2D eigenvalue weighted by atomic mass is 10.0. The normalized spacial score (nSPS) is 13.0. The maximum atomic E-state index is 13.2. The Morgan fingerprint density at radius 2 is 1.72 bits per heavy atom. The molecule has 0 radical (unpaired) electrons. The molecular weight excluding hydrogens is 448 g/mol. The number of pyridine rings is 1. The number of fused-ring (bicyclic) bond motifs is 1. The maximum Gasteiger partial charge on any atom is 0.252 e. The average Bonchev–Trinajstić information content (AvgIpc) is 3.32. The van der Waals surface area contributed by atoms with Crippen LogP contribution in [0.25, 0.3) is 10.9 Å².